The Morgan fingerprint density at radius 3 is 2.22 bits per heavy atom. The lowest BCUT2D eigenvalue weighted by atomic mass is 9.95. The highest BCUT2D eigenvalue weighted by atomic mass is 35.5. The number of aryl methyl sites for hydroxylation is 1. The Kier molecular flexibility index (Phi) is 5.96. The third-order valence-corrected chi connectivity index (χ3v) is 6.09. The van der Waals surface area contributed by atoms with Gasteiger partial charge in [0.15, 0.2) is 0 Å². The lowest BCUT2D eigenvalue weighted by Crippen LogP contribution is -2.29. The number of anilines is 1. The SMILES string of the molecule is COc1ccc(/C(O)=C2\C(=O)C(=O)N(c3ccc(C)c(Cl)c3)C2c2ccc(Cl)cc2)cc1. The van der Waals surface area contributed by atoms with Gasteiger partial charge in [0.1, 0.15) is 11.5 Å². The van der Waals surface area contributed by atoms with E-state index in [1.165, 1.54) is 12.0 Å². The molecule has 1 heterocycles. The molecule has 5 nitrogen and oxygen atoms in total. The Morgan fingerprint density at radius 2 is 1.62 bits per heavy atom. The Hall–Kier alpha value is -3.28. The van der Waals surface area contributed by atoms with Crippen molar-refractivity contribution in [3.8, 4) is 5.75 Å². The minimum Gasteiger partial charge on any atom is -0.507 e. The second-order valence-corrected chi connectivity index (χ2v) is 8.23. The van der Waals surface area contributed by atoms with Gasteiger partial charge in [0.25, 0.3) is 11.7 Å². The molecule has 1 fully saturated rings. The van der Waals surface area contributed by atoms with E-state index in [9.17, 15) is 14.7 Å². The monoisotopic (exact) mass is 467 g/mol. The lowest BCUT2D eigenvalue weighted by molar-refractivity contribution is -0.132. The zero-order valence-electron chi connectivity index (χ0n) is 17.3. The zero-order valence-corrected chi connectivity index (χ0v) is 18.8. The number of carbonyl (C=O) groups excluding carboxylic acids is 2. The summed E-state index contributed by atoms with van der Waals surface area (Å²) in [5.74, 6) is -1.20. The number of methoxy groups -OCH3 is 1. The van der Waals surface area contributed by atoms with E-state index >= 15 is 0 Å². The van der Waals surface area contributed by atoms with E-state index in [4.69, 9.17) is 27.9 Å². The summed E-state index contributed by atoms with van der Waals surface area (Å²) in [4.78, 5) is 27.6. The molecule has 1 amide bonds. The van der Waals surface area contributed by atoms with E-state index in [2.05, 4.69) is 0 Å². The van der Waals surface area contributed by atoms with E-state index in [-0.39, 0.29) is 11.3 Å². The third-order valence-electron chi connectivity index (χ3n) is 5.43. The summed E-state index contributed by atoms with van der Waals surface area (Å²) in [5, 5.41) is 12.1. The van der Waals surface area contributed by atoms with Gasteiger partial charge < -0.3 is 9.84 Å². The molecule has 1 unspecified atom stereocenters. The predicted octanol–water partition coefficient (Wildman–Crippen LogP) is 5.94. The fourth-order valence-corrected chi connectivity index (χ4v) is 4.00. The quantitative estimate of drug-likeness (QED) is 0.293. The molecule has 1 atom stereocenters. The summed E-state index contributed by atoms with van der Waals surface area (Å²) in [7, 11) is 1.54. The number of ether oxygens (including phenoxy) is 1. The average Bonchev–Trinajstić information content (AvgIpc) is 3.06. The summed E-state index contributed by atoms with van der Waals surface area (Å²) < 4.78 is 5.16. The van der Waals surface area contributed by atoms with Crippen molar-refractivity contribution >= 4 is 46.3 Å². The lowest BCUT2D eigenvalue weighted by Gasteiger charge is -2.26. The number of hydrogen-bond acceptors (Lipinski definition) is 4. The van der Waals surface area contributed by atoms with Crippen LogP contribution >= 0.6 is 23.2 Å². The molecular weight excluding hydrogens is 449 g/mol. The van der Waals surface area contributed by atoms with Crippen LogP contribution in [0.4, 0.5) is 5.69 Å². The van der Waals surface area contributed by atoms with Gasteiger partial charge >= 0.3 is 0 Å². The minimum atomic E-state index is -0.854. The van der Waals surface area contributed by atoms with Crippen molar-refractivity contribution in [1.82, 2.24) is 0 Å². The number of aliphatic hydroxyl groups is 1. The van der Waals surface area contributed by atoms with Crippen LogP contribution in [0, 0.1) is 6.92 Å². The van der Waals surface area contributed by atoms with Gasteiger partial charge in [-0.1, -0.05) is 41.4 Å². The minimum absolute atomic E-state index is 0.0146. The highest BCUT2D eigenvalue weighted by Crippen LogP contribution is 2.43. The second kappa shape index (κ2) is 8.69. The molecule has 0 bridgehead atoms. The highest BCUT2D eigenvalue weighted by Gasteiger charge is 2.47. The summed E-state index contributed by atoms with van der Waals surface area (Å²) in [5.41, 5.74) is 2.30. The molecule has 0 saturated carbocycles. The van der Waals surface area contributed by atoms with Crippen molar-refractivity contribution in [2.75, 3.05) is 12.0 Å². The Morgan fingerprint density at radius 1 is 0.969 bits per heavy atom. The smallest absolute Gasteiger partial charge is 0.300 e. The van der Waals surface area contributed by atoms with Gasteiger partial charge in [-0.05, 0) is 66.6 Å². The molecule has 0 aliphatic carbocycles. The molecule has 0 aromatic heterocycles. The van der Waals surface area contributed by atoms with Crippen LogP contribution in [0.15, 0.2) is 72.3 Å². The first-order valence-corrected chi connectivity index (χ1v) is 10.5. The number of benzene rings is 3. The largest absolute Gasteiger partial charge is 0.507 e. The number of hydrogen-bond donors (Lipinski definition) is 1. The van der Waals surface area contributed by atoms with Crippen LogP contribution < -0.4 is 9.64 Å². The van der Waals surface area contributed by atoms with Gasteiger partial charge in [-0.15, -0.1) is 0 Å². The molecule has 1 N–H and O–H groups in total. The van der Waals surface area contributed by atoms with Crippen molar-refractivity contribution in [3.63, 3.8) is 0 Å². The van der Waals surface area contributed by atoms with Gasteiger partial charge in [0.2, 0.25) is 0 Å². The van der Waals surface area contributed by atoms with E-state index in [1.807, 2.05) is 6.92 Å². The molecule has 162 valence electrons. The fraction of sp³-hybridized carbons (Fsp3) is 0.120. The first-order chi connectivity index (χ1) is 15.3. The Labute approximate surface area is 195 Å². The number of Topliss-reactive ketones (excluding diaryl/α,β-unsaturated/α-hetero) is 1. The number of amides is 1. The molecule has 1 aliphatic rings. The molecule has 0 spiro atoms. The Balaban J connectivity index is 1.92. The third kappa shape index (κ3) is 3.85. The zero-order chi connectivity index (χ0) is 23.0. The normalized spacial score (nSPS) is 17.6. The second-order valence-electron chi connectivity index (χ2n) is 7.38. The number of halogens is 2. The molecule has 1 saturated heterocycles. The maximum absolute atomic E-state index is 13.1. The van der Waals surface area contributed by atoms with E-state index < -0.39 is 17.7 Å². The average molecular weight is 468 g/mol. The van der Waals surface area contributed by atoms with Crippen LogP contribution in [0.1, 0.15) is 22.7 Å². The van der Waals surface area contributed by atoms with E-state index in [0.29, 0.717) is 32.6 Å². The van der Waals surface area contributed by atoms with Gasteiger partial charge in [-0.3, -0.25) is 14.5 Å². The van der Waals surface area contributed by atoms with E-state index in [0.717, 1.165) is 5.56 Å². The summed E-state index contributed by atoms with van der Waals surface area (Å²) in [6.45, 7) is 1.85. The van der Waals surface area contributed by atoms with Crippen molar-refractivity contribution in [3.05, 3.63) is 99.0 Å². The van der Waals surface area contributed by atoms with Gasteiger partial charge in [0.05, 0.1) is 18.7 Å². The number of aliphatic hydroxyl groups excluding tert-OH is 1. The van der Waals surface area contributed by atoms with Gasteiger partial charge in [-0.2, -0.15) is 0 Å². The molecule has 3 aromatic rings. The number of rotatable bonds is 4. The number of nitrogens with zero attached hydrogens (tertiary/aromatic N) is 1. The predicted molar refractivity (Wildman–Crippen MR) is 125 cm³/mol. The van der Waals surface area contributed by atoms with Crippen molar-refractivity contribution in [2.24, 2.45) is 0 Å². The highest BCUT2D eigenvalue weighted by molar-refractivity contribution is 6.51. The molecule has 0 radical (unpaired) electrons. The van der Waals surface area contributed by atoms with Gasteiger partial charge in [-0.25, -0.2) is 0 Å². The van der Waals surface area contributed by atoms with Crippen LogP contribution in [-0.4, -0.2) is 23.9 Å². The fourth-order valence-electron chi connectivity index (χ4n) is 3.70. The molecule has 7 heteroatoms. The van der Waals surface area contributed by atoms with Crippen LogP contribution in [0.3, 0.4) is 0 Å². The molecule has 32 heavy (non-hydrogen) atoms. The molecular formula is C25H19Cl2NO4. The Bertz CT molecular complexity index is 1230. The summed E-state index contributed by atoms with van der Waals surface area (Å²) in [6.07, 6.45) is 0. The summed E-state index contributed by atoms with van der Waals surface area (Å²) >= 11 is 12.4. The van der Waals surface area contributed by atoms with Crippen molar-refractivity contribution < 1.29 is 19.4 Å². The van der Waals surface area contributed by atoms with Gasteiger partial charge in [0, 0.05) is 21.3 Å². The van der Waals surface area contributed by atoms with Crippen molar-refractivity contribution in [1.29, 1.82) is 0 Å². The van der Waals surface area contributed by atoms with Crippen LogP contribution in [-0.2, 0) is 9.59 Å². The van der Waals surface area contributed by atoms with Crippen LogP contribution in [0.2, 0.25) is 10.0 Å². The number of carbonyl (C=O) groups is 2. The standard InChI is InChI=1S/C25H19Cl2NO4/c1-14-3-10-18(13-20(14)27)28-22(15-4-8-17(26)9-5-15)21(24(30)25(28)31)23(29)16-6-11-19(32-2)12-7-16/h3-13,22,29H,1-2H3/b23-21+. The maximum Gasteiger partial charge on any atom is 0.300 e. The van der Waals surface area contributed by atoms with Crippen molar-refractivity contribution in [2.45, 2.75) is 13.0 Å². The molecule has 4 rings (SSSR count). The first-order valence-electron chi connectivity index (χ1n) is 9.79. The van der Waals surface area contributed by atoms with Crippen LogP contribution in [0.25, 0.3) is 5.76 Å². The van der Waals surface area contributed by atoms with Crippen LogP contribution in [0.5, 0.6) is 5.75 Å². The molecule has 1 aliphatic heterocycles. The topological polar surface area (TPSA) is 66.8 Å². The number of ketones is 1. The summed E-state index contributed by atoms with van der Waals surface area (Å²) in [6, 6.07) is 17.7. The maximum atomic E-state index is 13.1. The molecule has 3 aromatic carbocycles. The van der Waals surface area contributed by atoms with E-state index in [1.54, 1.807) is 66.7 Å². The first kappa shape index (κ1) is 21.9.